The molecule has 4 heteroatoms. The standard InChI is InChI=1S/C12H19NO3/c1-3-4-5-10-9-6-8(12(14)15-2)7-11(9)16-13-10/h8-9,11H,3-7H2,1-2H3. The first-order valence-electron chi connectivity index (χ1n) is 6.06. The van der Waals surface area contributed by atoms with Crippen molar-refractivity contribution >= 4 is 11.7 Å². The van der Waals surface area contributed by atoms with E-state index in [0.717, 1.165) is 37.8 Å². The molecule has 2 aliphatic rings. The Hall–Kier alpha value is -1.06. The van der Waals surface area contributed by atoms with Gasteiger partial charge < -0.3 is 9.57 Å². The van der Waals surface area contributed by atoms with Crippen molar-refractivity contribution in [3.05, 3.63) is 0 Å². The topological polar surface area (TPSA) is 47.9 Å². The van der Waals surface area contributed by atoms with E-state index in [9.17, 15) is 4.79 Å². The molecular formula is C12H19NO3. The highest BCUT2D eigenvalue weighted by molar-refractivity contribution is 5.89. The predicted molar refractivity (Wildman–Crippen MR) is 60.1 cm³/mol. The zero-order valence-corrected chi connectivity index (χ0v) is 9.94. The van der Waals surface area contributed by atoms with E-state index in [-0.39, 0.29) is 18.0 Å². The van der Waals surface area contributed by atoms with Crippen molar-refractivity contribution < 1.29 is 14.4 Å². The minimum absolute atomic E-state index is 0.00660. The first kappa shape index (κ1) is 11.4. The lowest BCUT2D eigenvalue weighted by atomic mass is 9.95. The van der Waals surface area contributed by atoms with Gasteiger partial charge in [-0.1, -0.05) is 18.5 Å². The molecule has 1 heterocycles. The molecule has 1 aliphatic heterocycles. The second-order valence-electron chi connectivity index (χ2n) is 4.63. The number of carbonyl (C=O) groups excluding carboxylic acids is 1. The summed E-state index contributed by atoms with van der Waals surface area (Å²) in [5, 5.41) is 4.14. The lowest BCUT2D eigenvalue weighted by Gasteiger charge is -2.08. The molecule has 0 aromatic rings. The summed E-state index contributed by atoms with van der Waals surface area (Å²) in [6, 6.07) is 0. The largest absolute Gasteiger partial charge is 0.469 e. The van der Waals surface area contributed by atoms with Crippen LogP contribution in [-0.2, 0) is 14.4 Å². The van der Waals surface area contributed by atoms with Crippen LogP contribution in [0.25, 0.3) is 0 Å². The summed E-state index contributed by atoms with van der Waals surface area (Å²) in [7, 11) is 1.45. The van der Waals surface area contributed by atoms with Crippen LogP contribution < -0.4 is 0 Å². The molecule has 1 aliphatic carbocycles. The highest BCUT2D eigenvalue weighted by Crippen LogP contribution is 2.39. The maximum atomic E-state index is 11.4. The zero-order valence-electron chi connectivity index (χ0n) is 9.94. The van der Waals surface area contributed by atoms with Crippen LogP contribution in [0.1, 0.15) is 39.0 Å². The Morgan fingerprint density at radius 3 is 3.06 bits per heavy atom. The fourth-order valence-electron chi connectivity index (χ4n) is 2.62. The Bertz CT molecular complexity index is 301. The molecule has 0 aromatic carbocycles. The molecule has 0 N–H and O–H groups in total. The summed E-state index contributed by atoms with van der Waals surface area (Å²) in [4.78, 5) is 16.8. The summed E-state index contributed by atoms with van der Waals surface area (Å²) in [6.45, 7) is 2.17. The molecule has 0 amide bonds. The Morgan fingerprint density at radius 2 is 2.38 bits per heavy atom. The lowest BCUT2D eigenvalue weighted by Crippen LogP contribution is -2.16. The van der Waals surface area contributed by atoms with E-state index in [1.807, 2.05) is 0 Å². The van der Waals surface area contributed by atoms with E-state index in [0.29, 0.717) is 5.92 Å². The van der Waals surface area contributed by atoms with Gasteiger partial charge in [0.2, 0.25) is 0 Å². The van der Waals surface area contributed by atoms with Crippen molar-refractivity contribution in [2.45, 2.75) is 45.1 Å². The summed E-state index contributed by atoms with van der Waals surface area (Å²) in [6.07, 6.45) is 5.04. The highest BCUT2D eigenvalue weighted by atomic mass is 16.6. The van der Waals surface area contributed by atoms with Crippen LogP contribution in [0.5, 0.6) is 0 Å². The van der Waals surface area contributed by atoms with E-state index in [1.54, 1.807) is 0 Å². The van der Waals surface area contributed by atoms with E-state index < -0.39 is 0 Å². The van der Waals surface area contributed by atoms with Crippen LogP contribution in [0.2, 0.25) is 0 Å². The van der Waals surface area contributed by atoms with Crippen LogP contribution in [0, 0.1) is 11.8 Å². The number of carbonyl (C=O) groups is 1. The molecule has 3 atom stereocenters. The van der Waals surface area contributed by atoms with E-state index in [4.69, 9.17) is 9.57 Å². The second kappa shape index (κ2) is 4.85. The molecule has 0 spiro atoms. The van der Waals surface area contributed by atoms with E-state index >= 15 is 0 Å². The normalized spacial score (nSPS) is 31.9. The summed E-state index contributed by atoms with van der Waals surface area (Å²) >= 11 is 0. The van der Waals surface area contributed by atoms with Gasteiger partial charge in [-0.05, 0) is 19.3 Å². The summed E-state index contributed by atoms with van der Waals surface area (Å²) in [5.41, 5.74) is 1.15. The molecule has 1 saturated carbocycles. The summed E-state index contributed by atoms with van der Waals surface area (Å²) < 4.78 is 4.78. The maximum Gasteiger partial charge on any atom is 0.308 e. The maximum absolute atomic E-state index is 11.4. The van der Waals surface area contributed by atoms with Gasteiger partial charge in [0.05, 0.1) is 18.7 Å². The third-order valence-corrected chi connectivity index (χ3v) is 3.56. The van der Waals surface area contributed by atoms with Gasteiger partial charge in [-0.15, -0.1) is 0 Å². The predicted octanol–water partition coefficient (Wildman–Crippen LogP) is 2.13. The first-order valence-corrected chi connectivity index (χ1v) is 6.06. The van der Waals surface area contributed by atoms with Gasteiger partial charge in [0.25, 0.3) is 0 Å². The van der Waals surface area contributed by atoms with Crippen molar-refractivity contribution in [3.8, 4) is 0 Å². The average molecular weight is 225 g/mol. The minimum atomic E-state index is -0.104. The SMILES string of the molecule is CCCCC1=NOC2CC(C(=O)OC)CC12. The number of hydrogen-bond donors (Lipinski definition) is 0. The molecular weight excluding hydrogens is 206 g/mol. The van der Waals surface area contributed by atoms with Crippen molar-refractivity contribution in [1.29, 1.82) is 0 Å². The zero-order chi connectivity index (χ0) is 11.5. The van der Waals surface area contributed by atoms with Crippen LogP contribution in [0.4, 0.5) is 0 Å². The minimum Gasteiger partial charge on any atom is -0.469 e. The number of rotatable bonds is 4. The van der Waals surface area contributed by atoms with E-state index in [1.165, 1.54) is 7.11 Å². The number of nitrogens with zero attached hydrogens (tertiary/aromatic N) is 1. The number of methoxy groups -OCH3 is 1. The van der Waals surface area contributed by atoms with Crippen LogP contribution in [-0.4, -0.2) is 24.9 Å². The third-order valence-electron chi connectivity index (χ3n) is 3.56. The molecule has 4 nitrogen and oxygen atoms in total. The molecule has 2 rings (SSSR count). The van der Waals surface area contributed by atoms with Gasteiger partial charge in [0, 0.05) is 12.3 Å². The Kier molecular flexibility index (Phi) is 3.46. The van der Waals surface area contributed by atoms with Gasteiger partial charge in [0.15, 0.2) is 0 Å². The molecule has 0 saturated heterocycles. The van der Waals surface area contributed by atoms with Gasteiger partial charge in [-0.25, -0.2) is 0 Å². The van der Waals surface area contributed by atoms with Crippen molar-refractivity contribution in [2.24, 2.45) is 17.0 Å². The third kappa shape index (κ3) is 2.06. The molecule has 0 radical (unpaired) electrons. The Labute approximate surface area is 96.0 Å². The number of esters is 1. The molecule has 90 valence electrons. The van der Waals surface area contributed by atoms with Crippen molar-refractivity contribution in [3.63, 3.8) is 0 Å². The monoisotopic (exact) mass is 225 g/mol. The van der Waals surface area contributed by atoms with Gasteiger partial charge in [-0.3, -0.25) is 4.79 Å². The number of hydrogen-bond acceptors (Lipinski definition) is 4. The first-order chi connectivity index (χ1) is 7.76. The van der Waals surface area contributed by atoms with Gasteiger partial charge in [0.1, 0.15) is 6.10 Å². The van der Waals surface area contributed by atoms with Crippen molar-refractivity contribution in [2.75, 3.05) is 7.11 Å². The quantitative estimate of drug-likeness (QED) is 0.689. The van der Waals surface area contributed by atoms with E-state index in [2.05, 4.69) is 12.1 Å². The second-order valence-corrected chi connectivity index (χ2v) is 4.63. The number of oxime groups is 1. The molecule has 0 aromatic heterocycles. The molecule has 3 unspecified atom stereocenters. The highest BCUT2D eigenvalue weighted by Gasteiger charge is 2.45. The fourth-order valence-corrected chi connectivity index (χ4v) is 2.62. The number of unbranched alkanes of at least 4 members (excludes halogenated alkanes) is 1. The van der Waals surface area contributed by atoms with Crippen LogP contribution in [0.15, 0.2) is 5.16 Å². The summed E-state index contributed by atoms with van der Waals surface area (Å²) in [5.74, 6) is 0.260. The smallest absolute Gasteiger partial charge is 0.308 e. The molecule has 1 fully saturated rings. The average Bonchev–Trinajstić information content (AvgIpc) is 2.85. The molecule has 16 heavy (non-hydrogen) atoms. The number of ether oxygens (including phenoxy) is 1. The molecule has 0 bridgehead atoms. The van der Waals surface area contributed by atoms with Crippen LogP contribution >= 0.6 is 0 Å². The van der Waals surface area contributed by atoms with Crippen molar-refractivity contribution in [1.82, 2.24) is 0 Å². The number of fused-ring (bicyclic) bond motifs is 1. The van der Waals surface area contributed by atoms with Crippen LogP contribution in [0.3, 0.4) is 0 Å². The van der Waals surface area contributed by atoms with Gasteiger partial charge >= 0.3 is 5.97 Å². The Balaban J connectivity index is 1.92. The fraction of sp³-hybridized carbons (Fsp3) is 0.833. The Morgan fingerprint density at radius 1 is 1.56 bits per heavy atom. The van der Waals surface area contributed by atoms with Gasteiger partial charge in [-0.2, -0.15) is 0 Å². The lowest BCUT2D eigenvalue weighted by molar-refractivity contribution is -0.145.